The van der Waals surface area contributed by atoms with Gasteiger partial charge in [-0.3, -0.25) is 4.68 Å². The molecular weight excluding hydrogens is 344 g/mol. The van der Waals surface area contributed by atoms with Gasteiger partial charge in [-0.05, 0) is 38.3 Å². The van der Waals surface area contributed by atoms with Gasteiger partial charge < -0.3 is 10.2 Å². The summed E-state index contributed by atoms with van der Waals surface area (Å²) in [7, 11) is 2.02. The van der Waals surface area contributed by atoms with Crippen molar-refractivity contribution < 1.29 is 0 Å². The molecule has 6 nitrogen and oxygen atoms in total. The molecule has 1 saturated heterocycles. The third kappa shape index (κ3) is 3.33. The predicted molar refractivity (Wildman–Crippen MR) is 107 cm³/mol. The Balaban J connectivity index is 1.43. The summed E-state index contributed by atoms with van der Waals surface area (Å²) < 4.78 is 1.98. The van der Waals surface area contributed by atoms with E-state index in [1.54, 1.807) is 17.7 Å². The highest BCUT2D eigenvalue weighted by atomic mass is 32.1. The zero-order valence-electron chi connectivity index (χ0n) is 15.6. The van der Waals surface area contributed by atoms with E-state index < -0.39 is 0 Å². The Bertz CT molecular complexity index is 877. The van der Waals surface area contributed by atoms with Crippen molar-refractivity contribution in [1.82, 2.24) is 25.1 Å². The third-order valence-electron chi connectivity index (χ3n) is 5.29. The highest BCUT2D eigenvalue weighted by molar-refractivity contribution is 7.18. The van der Waals surface area contributed by atoms with Crippen LogP contribution in [0.25, 0.3) is 10.2 Å². The number of aryl methyl sites for hydroxylation is 2. The lowest BCUT2D eigenvalue weighted by molar-refractivity contribution is 0.354. The van der Waals surface area contributed by atoms with E-state index in [0.29, 0.717) is 12.1 Å². The van der Waals surface area contributed by atoms with Gasteiger partial charge in [-0.15, -0.1) is 11.3 Å². The fraction of sp³-hybridized carbons (Fsp3) is 0.526. The highest BCUT2D eigenvalue weighted by Crippen LogP contribution is 2.31. The van der Waals surface area contributed by atoms with Crippen molar-refractivity contribution in [2.24, 2.45) is 7.05 Å². The number of nitrogens with zero attached hydrogens (tertiary/aromatic N) is 5. The maximum absolute atomic E-state index is 4.59. The summed E-state index contributed by atoms with van der Waals surface area (Å²) >= 11 is 1.74. The monoisotopic (exact) mass is 370 g/mol. The number of thiophene rings is 1. The molecule has 138 valence electrons. The van der Waals surface area contributed by atoms with Crippen LogP contribution in [0, 0.1) is 6.92 Å². The Hall–Kier alpha value is -1.99. The van der Waals surface area contributed by atoms with Gasteiger partial charge >= 0.3 is 0 Å². The first kappa shape index (κ1) is 17.4. The fourth-order valence-electron chi connectivity index (χ4n) is 3.90. The van der Waals surface area contributed by atoms with E-state index in [0.717, 1.165) is 43.0 Å². The van der Waals surface area contributed by atoms with Crippen LogP contribution in [-0.2, 0) is 7.05 Å². The van der Waals surface area contributed by atoms with Gasteiger partial charge in [-0.25, -0.2) is 9.97 Å². The summed E-state index contributed by atoms with van der Waals surface area (Å²) in [6, 6.07) is 5.24. The van der Waals surface area contributed by atoms with Crippen molar-refractivity contribution in [3.05, 3.63) is 35.2 Å². The molecular formula is C19H26N6S. The van der Waals surface area contributed by atoms with Crippen molar-refractivity contribution in [2.75, 3.05) is 18.0 Å². The second kappa shape index (κ2) is 7.32. The molecule has 1 N–H and O–H groups in total. The van der Waals surface area contributed by atoms with Crippen LogP contribution in [0.2, 0.25) is 0 Å². The Morgan fingerprint density at radius 1 is 1.31 bits per heavy atom. The maximum atomic E-state index is 4.59. The number of rotatable bonds is 5. The molecule has 26 heavy (non-hydrogen) atoms. The molecule has 4 rings (SSSR count). The van der Waals surface area contributed by atoms with Crippen LogP contribution in [0.3, 0.4) is 0 Å². The van der Waals surface area contributed by atoms with E-state index in [9.17, 15) is 0 Å². The molecule has 0 aliphatic carbocycles. The van der Waals surface area contributed by atoms with E-state index in [-0.39, 0.29) is 0 Å². The smallest absolute Gasteiger partial charge is 0.140 e. The van der Waals surface area contributed by atoms with Crippen LogP contribution >= 0.6 is 11.3 Å². The number of nitrogens with one attached hydrogen (secondary N) is 1. The largest absolute Gasteiger partial charge is 0.356 e. The van der Waals surface area contributed by atoms with Gasteiger partial charge in [0.15, 0.2) is 0 Å². The minimum Gasteiger partial charge on any atom is -0.356 e. The lowest BCUT2D eigenvalue weighted by atomic mass is 10.0. The van der Waals surface area contributed by atoms with Crippen molar-refractivity contribution in [3.63, 3.8) is 0 Å². The summed E-state index contributed by atoms with van der Waals surface area (Å²) in [6.07, 6.45) is 6.91. The lowest BCUT2D eigenvalue weighted by Crippen LogP contribution is -2.44. The molecule has 0 aromatic carbocycles. The minimum absolute atomic E-state index is 0.365. The van der Waals surface area contributed by atoms with Crippen molar-refractivity contribution in [3.8, 4) is 0 Å². The Labute approximate surface area is 158 Å². The molecule has 3 aromatic rings. The van der Waals surface area contributed by atoms with Gasteiger partial charge in [0.2, 0.25) is 0 Å². The molecule has 4 heterocycles. The van der Waals surface area contributed by atoms with Crippen molar-refractivity contribution in [2.45, 2.75) is 45.2 Å². The third-order valence-corrected chi connectivity index (χ3v) is 6.25. The molecule has 0 amide bonds. The Kier molecular flexibility index (Phi) is 4.91. The molecule has 0 spiro atoms. The van der Waals surface area contributed by atoms with Gasteiger partial charge in [-0.1, -0.05) is 6.92 Å². The minimum atomic E-state index is 0.365. The SMILES string of the molecule is CCC(NC1CCN(c2ncnc3sc(C)cc23)CC1)c1ccnn1C. The zero-order valence-corrected chi connectivity index (χ0v) is 16.5. The standard InChI is InChI=1S/C19H26N6S/c1-4-16(17-5-8-22-24(17)3)23-14-6-9-25(10-7-14)18-15-11-13(2)26-19(15)21-12-20-18/h5,8,11-12,14,16,23H,4,6-7,9-10H2,1-3H3. The predicted octanol–water partition coefficient (Wildman–Crippen LogP) is 3.44. The second-order valence-corrected chi connectivity index (χ2v) is 8.28. The normalized spacial score (nSPS) is 17.1. The van der Waals surface area contributed by atoms with E-state index in [1.165, 1.54) is 16.0 Å². The first-order chi connectivity index (χ1) is 12.7. The van der Waals surface area contributed by atoms with Crippen LogP contribution in [0.1, 0.15) is 42.8 Å². The molecule has 1 aliphatic heterocycles. The van der Waals surface area contributed by atoms with Gasteiger partial charge in [0.1, 0.15) is 17.0 Å². The molecule has 0 bridgehead atoms. The molecule has 1 unspecified atom stereocenters. The molecule has 0 saturated carbocycles. The Morgan fingerprint density at radius 2 is 2.12 bits per heavy atom. The first-order valence-electron chi connectivity index (χ1n) is 9.35. The molecule has 1 aliphatic rings. The van der Waals surface area contributed by atoms with Crippen molar-refractivity contribution >= 4 is 27.4 Å². The zero-order chi connectivity index (χ0) is 18.1. The summed E-state index contributed by atoms with van der Waals surface area (Å²) in [6.45, 7) is 6.42. The molecule has 3 aromatic heterocycles. The van der Waals surface area contributed by atoms with E-state index in [1.807, 2.05) is 17.9 Å². The average molecular weight is 371 g/mol. The average Bonchev–Trinajstić information content (AvgIpc) is 3.24. The summed E-state index contributed by atoms with van der Waals surface area (Å²) in [5.74, 6) is 1.09. The fourth-order valence-corrected chi connectivity index (χ4v) is 4.74. The quantitative estimate of drug-likeness (QED) is 0.745. The van der Waals surface area contributed by atoms with E-state index >= 15 is 0 Å². The molecule has 0 radical (unpaired) electrons. The van der Waals surface area contributed by atoms with Gasteiger partial charge in [0, 0.05) is 43.3 Å². The Morgan fingerprint density at radius 3 is 2.81 bits per heavy atom. The number of piperidine rings is 1. The lowest BCUT2D eigenvalue weighted by Gasteiger charge is -2.35. The number of anilines is 1. The van der Waals surface area contributed by atoms with Gasteiger partial charge in [-0.2, -0.15) is 5.10 Å². The summed E-state index contributed by atoms with van der Waals surface area (Å²) in [5.41, 5.74) is 1.26. The maximum Gasteiger partial charge on any atom is 0.140 e. The first-order valence-corrected chi connectivity index (χ1v) is 10.2. The van der Waals surface area contributed by atoms with E-state index in [2.05, 4.69) is 51.3 Å². The molecule has 7 heteroatoms. The van der Waals surface area contributed by atoms with Crippen LogP contribution in [0.4, 0.5) is 5.82 Å². The number of fused-ring (bicyclic) bond motifs is 1. The number of hydrogen-bond acceptors (Lipinski definition) is 6. The number of aromatic nitrogens is 4. The molecule has 1 atom stereocenters. The van der Waals surface area contributed by atoms with Crippen molar-refractivity contribution in [1.29, 1.82) is 0 Å². The van der Waals surface area contributed by atoms with Crippen LogP contribution in [0.5, 0.6) is 0 Å². The van der Waals surface area contributed by atoms with Gasteiger partial charge in [0.25, 0.3) is 0 Å². The van der Waals surface area contributed by atoms with E-state index in [4.69, 9.17) is 0 Å². The molecule has 1 fully saturated rings. The van der Waals surface area contributed by atoms with Crippen LogP contribution in [-0.4, -0.2) is 38.9 Å². The summed E-state index contributed by atoms with van der Waals surface area (Å²) in [4.78, 5) is 13.8. The second-order valence-electron chi connectivity index (χ2n) is 7.04. The van der Waals surface area contributed by atoms with Crippen LogP contribution < -0.4 is 10.2 Å². The topological polar surface area (TPSA) is 58.9 Å². The summed E-state index contributed by atoms with van der Waals surface area (Å²) in [5, 5.41) is 9.36. The number of hydrogen-bond donors (Lipinski definition) is 1. The highest BCUT2D eigenvalue weighted by Gasteiger charge is 2.24. The van der Waals surface area contributed by atoms with Crippen LogP contribution in [0.15, 0.2) is 24.7 Å². The van der Waals surface area contributed by atoms with Gasteiger partial charge in [0.05, 0.1) is 11.1 Å².